The van der Waals surface area contributed by atoms with Crippen LogP contribution < -0.4 is 0 Å². The molecule has 4 heteroatoms. The molecule has 0 fully saturated rings. The van der Waals surface area contributed by atoms with Gasteiger partial charge in [0.05, 0.1) is 33.5 Å². The third kappa shape index (κ3) is 6.53. The van der Waals surface area contributed by atoms with E-state index in [2.05, 4.69) is 242 Å². The summed E-state index contributed by atoms with van der Waals surface area (Å²) >= 11 is 0. The van der Waals surface area contributed by atoms with Gasteiger partial charge in [-0.3, -0.25) is 4.57 Å². The smallest absolute Gasteiger partial charge is 0.235 e. The number of rotatable bonds is 7. The van der Waals surface area contributed by atoms with E-state index in [-0.39, 0.29) is 0 Å². The van der Waals surface area contributed by atoms with E-state index in [1.807, 2.05) is 12.2 Å². The van der Waals surface area contributed by atoms with Crippen LogP contribution in [0.1, 0.15) is 41.5 Å². The zero-order valence-electron chi connectivity index (χ0n) is 40.1. The molecule has 0 aliphatic heterocycles. The molecule has 0 radical (unpaired) electrons. The van der Waals surface area contributed by atoms with E-state index in [1.165, 1.54) is 65.4 Å². The van der Waals surface area contributed by atoms with Gasteiger partial charge < -0.3 is 4.57 Å². The van der Waals surface area contributed by atoms with Crippen LogP contribution in [0.5, 0.6) is 0 Å². The fraction of sp³-hybridized carbons (Fsp3) is 0.0588. The van der Waals surface area contributed by atoms with Gasteiger partial charge in [-0.1, -0.05) is 171 Å². The van der Waals surface area contributed by atoms with Crippen molar-refractivity contribution >= 4 is 88.1 Å². The molecule has 13 aromatic rings. The molecule has 0 N–H and O–H groups in total. The van der Waals surface area contributed by atoms with Gasteiger partial charge in [-0.05, 0) is 152 Å². The number of fused-ring (bicyclic) bond motifs is 11. The quantitative estimate of drug-likeness (QED) is 0.149. The highest BCUT2D eigenvalue weighted by atomic mass is 15.2. The van der Waals surface area contributed by atoms with E-state index in [0.717, 1.165) is 78.5 Å². The lowest BCUT2D eigenvalue weighted by molar-refractivity contribution is 0.774. The fourth-order valence-corrected chi connectivity index (χ4v) is 11.9. The fourth-order valence-electron chi connectivity index (χ4n) is 11.9. The molecule has 0 spiro atoms. The van der Waals surface area contributed by atoms with Crippen molar-refractivity contribution in [2.75, 3.05) is 0 Å². The van der Waals surface area contributed by atoms with Crippen LogP contribution in [0.4, 0.5) is 0 Å². The van der Waals surface area contributed by atoms with Crippen molar-refractivity contribution in [3.05, 3.63) is 241 Å². The molecule has 340 valence electrons. The normalized spacial score (nSPS) is 13.7. The highest BCUT2D eigenvalue weighted by Crippen LogP contribution is 2.44. The third-order valence-electron chi connectivity index (χ3n) is 15.3. The first-order chi connectivity index (χ1) is 35.5. The van der Waals surface area contributed by atoms with Crippen molar-refractivity contribution in [3.8, 4) is 45.3 Å². The molecule has 1 unspecified atom stereocenters. The minimum atomic E-state index is 0.311. The van der Waals surface area contributed by atoms with Gasteiger partial charge in [0.25, 0.3) is 0 Å². The molecule has 4 nitrogen and oxygen atoms in total. The molecule has 0 bridgehead atoms. The van der Waals surface area contributed by atoms with E-state index in [0.29, 0.717) is 11.9 Å². The molecule has 1 aliphatic rings. The molecular formula is C68H48N4. The van der Waals surface area contributed by atoms with E-state index in [9.17, 15) is 0 Å². The zero-order chi connectivity index (χ0) is 48.0. The van der Waals surface area contributed by atoms with Crippen molar-refractivity contribution in [2.45, 2.75) is 26.2 Å². The van der Waals surface area contributed by atoms with Crippen LogP contribution in [0.25, 0.3) is 133 Å². The Balaban J connectivity index is 0.988. The van der Waals surface area contributed by atoms with Crippen LogP contribution in [0.3, 0.4) is 0 Å². The zero-order valence-corrected chi connectivity index (χ0v) is 40.1. The van der Waals surface area contributed by atoms with Crippen molar-refractivity contribution in [1.29, 1.82) is 0 Å². The number of aromatic nitrogens is 4. The van der Waals surface area contributed by atoms with Crippen LogP contribution in [0, 0.1) is 6.92 Å². The van der Waals surface area contributed by atoms with Crippen LogP contribution in [0.2, 0.25) is 0 Å². The Bertz CT molecular complexity index is 4480. The summed E-state index contributed by atoms with van der Waals surface area (Å²) in [5.74, 6) is 0.951. The maximum atomic E-state index is 5.67. The molecule has 0 amide bonds. The molecule has 0 saturated heterocycles. The lowest BCUT2D eigenvalue weighted by Gasteiger charge is -2.24. The molecule has 3 aromatic heterocycles. The molecule has 10 aromatic carbocycles. The van der Waals surface area contributed by atoms with Crippen LogP contribution in [0.15, 0.2) is 219 Å². The summed E-state index contributed by atoms with van der Waals surface area (Å²) < 4.78 is 4.69. The second-order valence-corrected chi connectivity index (χ2v) is 19.4. The van der Waals surface area contributed by atoms with Gasteiger partial charge in [0.2, 0.25) is 5.95 Å². The second kappa shape index (κ2) is 16.5. The first-order valence-electron chi connectivity index (χ1n) is 25.0. The summed E-state index contributed by atoms with van der Waals surface area (Å²) in [5.41, 5.74) is 16.9. The molecule has 3 heterocycles. The maximum Gasteiger partial charge on any atom is 0.235 e. The summed E-state index contributed by atoms with van der Waals surface area (Å²) in [6.07, 6.45) is 11.7. The average Bonchev–Trinajstić information content (AvgIpc) is 3.94. The summed E-state index contributed by atoms with van der Waals surface area (Å²) in [7, 11) is 0. The van der Waals surface area contributed by atoms with Crippen molar-refractivity contribution in [1.82, 2.24) is 19.1 Å². The molecule has 0 saturated carbocycles. The molecule has 1 atom stereocenters. The molecule has 72 heavy (non-hydrogen) atoms. The Morgan fingerprint density at radius 1 is 0.500 bits per heavy atom. The highest BCUT2D eigenvalue weighted by molar-refractivity contribution is 6.13. The minimum Gasteiger partial charge on any atom is -0.309 e. The lowest BCUT2D eigenvalue weighted by Crippen LogP contribution is -2.08. The SMILES string of the molecule is C=C/C=C\c1c(C)c(-c2cc(-c3cc4ccccc4c4c3C(C)CC=C4)nc(-n3c4ccccc4c4cc(-c5ccc6c(c5)c5ccccc5n6-c5ccc6ccccc6c5)ccc43)n2)cc2ccccc12. The lowest BCUT2D eigenvalue weighted by atomic mass is 9.81. The molecular weight excluding hydrogens is 873 g/mol. The van der Waals surface area contributed by atoms with E-state index in [4.69, 9.17) is 9.97 Å². The first-order valence-corrected chi connectivity index (χ1v) is 25.0. The summed E-state index contributed by atoms with van der Waals surface area (Å²) in [6.45, 7) is 8.58. The number of hydrogen-bond donors (Lipinski definition) is 0. The minimum absolute atomic E-state index is 0.311. The van der Waals surface area contributed by atoms with Gasteiger partial charge in [-0.25, -0.2) is 9.97 Å². The van der Waals surface area contributed by atoms with Crippen LogP contribution in [-0.2, 0) is 0 Å². The predicted molar refractivity (Wildman–Crippen MR) is 306 cm³/mol. The summed E-state index contributed by atoms with van der Waals surface area (Å²) in [6, 6.07) is 71.0. The standard InChI is InChI=1S/C68H48N4/c1-4-5-22-51-43(3)57(39-48-20-8-10-23-52(48)51)61-41-62(60-40-49-21-9-11-24-53(49)56-27-16-17-42(2)67(56)60)70-68(69-61)72-64-29-15-13-26-55(64)59-38-47(32-35-66(59)72)46-31-34-65-58(37-46)54-25-12-14-28-63(54)71(65)50-33-30-44-18-6-7-19-45(44)36-50/h4-16,18-42H,1,17H2,2-3H3/b22-5-. The van der Waals surface area contributed by atoms with Gasteiger partial charge in [0, 0.05) is 38.4 Å². The average molecular weight is 921 g/mol. The summed E-state index contributed by atoms with van der Waals surface area (Å²) in [4.78, 5) is 11.3. The maximum absolute atomic E-state index is 5.67. The third-order valence-corrected chi connectivity index (χ3v) is 15.3. The van der Waals surface area contributed by atoms with Gasteiger partial charge in [-0.2, -0.15) is 0 Å². The van der Waals surface area contributed by atoms with Crippen LogP contribution in [-0.4, -0.2) is 19.1 Å². The van der Waals surface area contributed by atoms with Gasteiger partial charge in [-0.15, -0.1) is 0 Å². The summed E-state index contributed by atoms with van der Waals surface area (Å²) in [5, 5.41) is 12.1. The molecule has 1 aliphatic carbocycles. The Hall–Kier alpha value is -9.12. The van der Waals surface area contributed by atoms with Gasteiger partial charge in [0.1, 0.15) is 0 Å². The Morgan fingerprint density at radius 3 is 1.76 bits per heavy atom. The number of nitrogens with zero attached hydrogens (tertiary/aromatic N) is 4. The number of hydrogen-bond acceptors (Lipinski definition) is 2. The Labute approximate surface area is 417 Å². The first kappa shape index (κ1) is 41.8. The largest absolute Gasteiger partial charge is 0.309 e. The van der Waals surface area contributed by atoms with E-state index < -0.39 is 0 Å². The molecule has 14 rings (SSSR count). The topological polar surface area (TPSA) is 35.6 Å². The van der Waals surface area contributed by atoms with E-state index >= 15 is 0 Å². The van der Waals surface area contributed by atoms with E-state index in [1.54, 1.807) is 0 Å². The second-order valence-electron chi connectivity index (χ2n) is 19.4. The monoisotopic (exact) mass is 920 g/mol. The Kier molecular flexibility index (Phi) is 9.59. The highest BCUT2D eigenvalue weighted by Gasteiger charge is 2.25. The van der Waals surface area contributed by atoms with Gasteiger partial charge in [0.15, 0.2) is 0 Å². The number of allylic oxidation sites excluding steroid dienone is 3. The van der Waals surface area contributed by atoms with Crippen molar-refractivity contribution in [2.24, 2.45) is 0 Å². The van der Waals surface area contributed by atoms with Crippen LogP contribution >= 0.6 is 0 Å². The van der Waals surface area contributed by atoms with Crippen molar-refractivity contribution in [3.63, 3.8) is 0 Å². The predicted octanol–water partition coefficient (Wildman–Crippen LogP) is 18.2. The van der Waals surface area contributed by atoms with Gasteiger partial charge >= 0.3 is 0 Å². The number of benzene rings is 10. The number of para-hydroxylation sites is 2. The van der Waals surface area contributed by atoms with Crippen molar-refractivity contribution < 1.29 is 0 Å². The Morgan fingerprint density at radius 2 is 1.06 bits per heavy atom.